The molecule has 1 unspecified atom stereocenters. The lowest BCUT2D eigenvalue weighted by Crippen LogP contribution is -2.42. The minimum atomic E-state index is -0.945. The molecule has 0 saturated carbocycles. The van der Waals surface area contributed by atoms with Crippen molar-refractivity contribution in [3.05, 3.63) is 29.6 Å². The molecule has 1 fully saturated rings. The molecule has 0 radical (unpaired) electrons. The zero-order valence-corrected chi connectivity index (χ0v) is 12.2. The molecule has 1 aromatic carbocycles. The molecule has 3 rings (SSSR count). The fourth-order valence-electron chi connectivity index (χ4n) is 2.85. The lowest BCUT2D eigenvalue weighted by molar-refractivity contribution is -0.0272. The van der Waals surface area contributed by atoms with E-state index in [1.54, 1.807) is 12.1 Å². The molecule has 2 aromatic rings. The molecule has 1 aliphatic rings. The summed E-state index contributed by atoms with van der Waals surface area (Å²) in [6, 6.07) is 5.26. The molecule has 6 heteroatoms. The number of aromatic nitrogens is 2. The van der Waals surface area contributed by atoms with E-state index in [2.05, 4.69) is 16.9 Å². The van der Waals surface area contributed by atoms with Gasteiger partial charge in [0.25, 0.3) is 0 Å². The van der Waals surface area contributed by atoms with Gasteiger partial charge in [-0.15, -0.1) is 0 Å². The summed E-state index contributed by atoms with van der Waals surface area (Å²) >= 11 is 0. The zero-order chi connectivity index (χ0) is 15.0. The van der Waals surface area contributed by atoms with Crippen molar-refractivity contribution < 1.29 is 14.6 Å². The number of carbonyl (C=O) groups is 1. The summed E-state index contributed by atoms with van der Waals surface area (Å²) in [6.45, 7) is 5.14. The number of morpholine rings is 1. The average molecular weight is 289 g/mol. The number of hydrogen-bond acceptors (Lipinski definition) is 4. The largest absolute Gasteiger partial charge is 0.478 e. The number of imidazole rings is 1. The topological polar surface area (TPSA) is 67.6 Å². The van der Waals surface area contributed by atoms with Gasteiger partial charge in [0.1, 0.15) is 11.3 Å². The second kappa shape index (κ2) is 5.46. The first-order valence-corrected chi connectivity index (χ1v) is 7.05. The highest BCUT2D eigenvalue weighted by Gasteiger charge is 2.21. The van der Waals surface area contributed by atoms with E-state index in [-0.39, 0.29) is 11.7 Å². The first-order chi connectivity index (χ1) is 10.1. The summed E-state index contributed by atoms with van der Waals surface area (Å²) < 4.78 is 7.84. The van der Waals surface area contributed by atoms with Crippen LogP contribution in [0.25, 0.3) is 11.0 Å². The molecule has 1 aliphatic heterocycles. The third-order valence-electron chi connectivity index (χ3n) is 3.93. The van der Waals surface area contributed by atoms with Crippen LogP contribution in [0.15, 0.2) is 18.2 Å². The number of nitrogens with zero attached hydrogens (tertiary/aromatic N) is 3. The van der Waals surface area contributed by atoms with Crippen LogP contribution in [0.4, 0.5) is 0 Å². The van der Waals surface area contributed by atoms with E-state index in [0.29, 0.717) is 12.1 Å². The highest BCUT2D eigenvalue weighted by molar-refractivity contribution is 6.01. The van der Waals surface area contributed by atoms with Crippen molar-refractivity contribution in [3.63, 3.8) is 0 Å². The molecule has 21 heavy (non-hydrogen) atoms. The molecule has 0 bridgehead atoms. The number of benzene rings is 1. The Hall–Kier alpha value is -1.92. The van der Waals surface area contributed by atoms with Crippen molar-refractivity contribution in [3.8, 4) is 0 Å². The van der Waals surface area contributed by atoms with Gasteiger partial charge in [0, 0.05) is 13.1 Å². The van der Waals surface area contributed by atoms with E-state index in [1.807, 2.05) is 17.6 Å². The summed E-state index contributed by atoms with van der Waals surface area (Å²) in [5.41, 5.74) is 1.65. The van der Waals surface area contributed by atoms with Gasteiger partial charge in [-0.2, -0.15) is 0 Å². The molecule has 0 spiro atoms. The summed E-state index contributed by atoms with van der Waals surface area (Å²) in [5.74, 6) is -0.130. The highest BCUT2D eigenvalue weighted by Crippen LogP contribution is 2.21. The van der Waals surface area contributed by atoms with Crippen LogP contribution in [0.5, 0.6) is 0 Å². The SMILES string of the molecule is Cc1nc2c(C(=O)O)cccc2n1CC1CN(C)CCO1. The van der Waals surface area contributed by atoms with Crippen LogP contribution in [0, 0.1) is 6.92 Å². The van der Waals surface area contributed by atoms with Crippen molar-refractivity contribution in [2.24, 2.45) is 0 Å². The Morgan fingerprint density at radius 1 is 1.52 bits per heavy atom. The molecule has 0 aliphatic carbocycles. The summed E-state index contributed by atoms with van der Waals surface area (Å²) in [7, 11) is 2.08. The van der Waals surface area contributed by atoms with Gasteiger partial charge >= 0.3 is 5.97 Å². The second-order valence-electron chi connectivity index (χ2n) is 5.50. The molecule has 1 aromatic heterocycles. The van der Waals surface area contributed by atoms with E-state index >= 15 is 0 Å². The van der Waals surface area contributed by atoms with Crippen molar-refractivity contribution in [1.82, 2.24) is 14.5 Å². The smallest absolute Gasteiger partial charge is 0.337 e. The van der Waals surface area contributed by atoms with Crippen LogP contribution < -0.4 is 0 Å². The van der Waals surface area contributed by atoms with Crippen LogP contribution in [0.3, 0.4) is 0 Å². The van der Waals surface area contributed by atoms with Gasteiger partial charge in [0.2, 0.25) is 0 Å². The van der Waals surface area contributed by atoms with Crippen molar-refractivity contribution in [1.29, 1.82) is 0 Å². The molecular formula is C15H19N3O3. The summed E-state index contributed by atoms with van der Waals surface area (Å²) in [6.07, 6.45) is 0.105. The third-order valence-corrected chi connectivity index (χ3v) is 3.93. The molecular weight excluding hydrogens is 270 g/mol. The van der Waals surface area contributed by atoms with Crippen LogP contribution in [0.2, 0.25) is 0 Å². The van der Waals surface area contributed by atoms with E-state index in [0.717, 1.165) is 31.0 Å². The van der Waals surface area contributed by atoms with Crippen molar-refractivity contribution in [2.75, 3.05) is 26.7 Å². The van der Waals surface area contributed by atoms with Gasteiger partial charge in [-0.25, -0.2) is 9.78 Å². The Bertz CT molecular complexity index is 680. The highest BCUT2D eigenvalue weighted by atomic mass is 16.5. The molecule has 112 valence electrons. The molecule has 2 heterocycles. The summed E-state index contributed by atoms with van der Waals surface area (Å²) in [5, 5.41) is 9.26. The number of carboxylic acid groups (broad SMARTS) is 1. The van der Waals surface area contributed by atoms with Crippen molar-refractivity contribution >= 4 is 17.0 Å². The number of hydrogen-bond donors (Lipinski definition) is 1. The van der Waals surface area contributed by atoms with Crippen LogP contribution in [-0.4, -0.2) is 58.4 Å². The predicted molar refractivity (Wildman–Crippen MR) is 78.7 cm³/mol. The number of likely N-dealkylation sites (N-methyl/N-ethyl adjacent to an activating group) is 1. The second-order valence-corrected chi connectivity index (χ2v) is 5.50. The van der Waals surface area contributed by atoms with Crippen LogP contribution >= 0.6 is 0 Å². The van der Waals surface area contributed by atoms with Crippen LogP contribution in [-0.2, 0) is 11.3 Å². The number of rotatable bonds is 3. The summed E-state index contributed by atoms with van der Waals surface area (Å²) in [4.78, 5) is 18.0. The van der Waals surface area contributed by atoms with Gasteiger partial charge in [-0.3, -0.25) is 0 Å². The Morgan fingerprint density at radius 3 is 3.05 bits per heavy atom. The van der Waals surface area contributed by atoms with E-state index in [9.17, 15) is 9.90 Å². The first kappa shape index (κ1) is 14.0. The van der Waals surface area contributed by atoms with Gasteiger partial charge in [-0.1, -0.05) is 6.07 Å². The molecule has 6 nitrogen and oxygen atoms in total. The normalized spacial score (nSPS) is 20.0. The van der Waals surface area contributed by atoms with Crippen LogP contribution in [0.1, 0.15) is 16.2 Å². The standard InChI is InChI=1S/C15H19N3O3/c1-10-16-14-12(15(19)20)4-3-5-13(14)18(10)9-11-8-17(2)6-7-21-11/h3-5,11H,6-9H2,1-2H3,(H,19,20). The Kier molecular flexibility index (Phi) is 3.65. The van der Waals surface area contributed by atoms with Gasteiger partial charge in [0.05, 0.1) is 30.3 Å². The molecule has 1 saturated heterocycles. The van der Waals surface area contributed by atoms with Gasteiger partial charge in [0.15, 0.2) is 0 Å². The Labute approximate surface area is 122 Å². The first-order valence-electron chi connectivity index (χ1n) is 7.05. The van der Waals surface area contributed by atoms with E-state index in [1.165, 1.54) is 0 Å². The third kappa shape index (κ3) is 2.64. The zero-order valence-electron chi connectivity index (χ0n) is 12.2. The average Bonchev–Trinajstić information content (AvgIpc) is 2.75. The Balaban J connectivity index is 1.97. The quantitative estimate of drug-likeness (QED) is 0.924. The molecule has 1 atom stereocenters. The number of fused-ring (bicyclic) bond motifs is 1. The maximum absolute atomic E-state index is 11.3. The fourth-order valence-corrected chi connectivity index (χ4v) is 2.85. The number of para-hydroxylation sites is 1. The molecule has 1 N–H and O–H groups in total. The number of carboxylic acids is 1. The number of aromatic carboxylic acids is 1. The van der Waals surface area contributed by atoms with Gasteiger partial charge < -0.3 is 19.3 Å². The fraction of sp³-hybridized carbons (Fsp3) is 0.467. The van der Waals surface area contributed by atoms with Crippen molar-refractivity contribution in [2.45, 2.75) is 19.6 Å². The maximum Gasteiger partial charge on any atom is 0.337 e. The molecule has 0 amide bonds. The number of aryl methyl sites for hydroxylation is 1. The minimum Gasteiger partial charge on any atom is -0.478 e. The minimum absolute atomic E-state index is 0.105. The van der Waals surface area contributed by atoms with Gasteiger partial charge in [-0.05, 0) is 26.1 Å². The number of ether oxygens (including phenoxy) is 1. The predicted octanol–water partition coefficient (Wildman–Crippen LogP) is 1.37. The van der Waals surface area contributed by atoms with E-state index < -0.39 is 5.97 Å². The lowest BCUT2D eigenvalue weighted by Gasteiger charge is -2.30. The Morgan fingerprint density at radius 2 is 2.33 bits per heavy atom. The monoisotopic (exact) mass is 289 g/mol. The van der Waals surface area contributed by atoms with E-state index in [4.69, 9.17) is 4.74 Å². The maximum atomic E-state index is 11.3. The lowest BCUT2D eigenvalue weighted by atomic mass is 10.2.